The van der Waals surface area contributed by atoms with Crippen LogP contribution in [0.2, 0.25) is 0 Å². The molecule has 4 rings (SSSR count). The number of nitrogens with one attached hydrogen (secondary N) is 1. The second-order valence-electron chi connectivity index (χ2n) is 12.8. The largest absolute Gasteiger partial charge is 0.497 e. The van der Waals surface area contributed by atoms with E-state index in [1.165, 1.54) is 10.4 Å². The Labute approximate surface area is 280 Å². The lowest BCUT2D eigenvalue weighted by Crippen LogP contribution is -2.36. The van der Waals surface area contributed by atoms with Crippen LogP contribution in [0.5, 0.6) is 5.75 Å². The van der Waals surface area contributed by atoms with Gasteiger partial charge in [0, 0.05) is 25.7 Å². The molecule has 1 atom stereocenters. The van der Waals surface area contributed by atoms with E-state index in [1.807, 2.05) is 36.4 Å². The quantitative estimate of drug-likeness (QED) is 0.181. The number of hydrogen-bond acceptors (Lipinski definition) is 6. The average Bonchev–Trinajstić information content (AvgIpc) is 3.03. The van der Waals surface area contributed by atoms with Crippen LogP contribution < -0.4 is 10.1 Å². The van der Waals surface area contributed by atoms with Crippen LogP contribution in [-0.4, -0.2) is 71.0 Å². The maximum atomic E-state index is 13.9. The Kier molecular flexibility index (Phi) is 13.4. The zero-order chi connectivity index (χ0) is 34.0. The number of halogens is 1. The van der Waals surface area contributed by atoms with E-state index in [1.54, 1.807) is 45.2 Å². The number of nitrogens with zero attached hydrogens (tertiary/aromatic N) is 2. The van der Waals surface area contributed by atoms with Crippen LogP contribution in [0.1, 0.15) is 60.4 Å². The standard InChI is InChI=1S/C37H50FN3O5S/c1-27-22-34(45-5)23-28(2)37(27)47(43,44)41(25-30-10-7-6-8-11-30)20-21-46-26-35(42)39-19-18-29-14-16-31(17-15-29)36(40(3)4)32-12-9-13-33(38)24-32/h6-13,22-24,29,31,36H,14-21,25-26H2,1-5H3,(H,39,42). The first-order chi connectivity index (χ1) is 22.5. The van der Waals surface area contributed by atoms with Gasteiger partial charge in [-0.25, -0.2) is 12.8 Å². The smallest absolute Gasteiger partial charge is 0.245 e. The van der Waals surface area contributed by atoms with E-state index < -0.39 is 10.0 Å². The molecule has 0 radical (unpaired) electrons. The van der Waals surface area contributed by atoms with E-state index in [4.69, 9.17) is 9.47 Å². The van der Waals surface area contributed by atoms with Crippen molar-refractivity contribution in [2.75, 3.05) is 47.5 Å². The molecule has 1 N–H and O–H groups in total. The van der Waals surface area contributed by atoms with Crippen molar-refractivity contribution in [1.29, 1.82) is 0 Å². The molecule has 3 aromatic carbocycles. The van der Waals surface area contributed by atoms with Crippen molar-refractivity contribution in [2.45, 2.75) is 63.4 Å². The second kappa shape index (κ2) is 17.2. The molecule has 0 aliphatic heterocycles. The summed E-state index contributed by atoms with van der Waals surface area (Å²) in [5.74, 6) is 1.19. The highest BCUT2D eigenvalue weighted by Crippen LogP contribution is 2.40. The van der Waals surface area contributed by atoms with Gasteiger partial charge in [0.15, 0.2) is 0 Å². The van der Waals surface area contributed by atoms with Crippen LogP contribution in [0.4, 0.5) is 4.39 Å². The predicted molar refractivity (Wildman–Crippen MR) is 183 cm³/mol. The van der Waals surface area contributed by atoms with Crippen LogP contribution in [0.15, 0.2) is 71.6 Å². The molecule has 1 saturated carbocycles. The third kappa shape index (κ3) is 10.1. The topological polar surface area (TPSA) is 88.2 Å². The normalized spacial score (nSPS) is 17.5. The van der Waals surface area contributed by atoms with E-state index in [0.29, 0.717) is 35.3 Å². The highest BCUT2D eigenvalue weighted by atomic mass is 32.2. The first kappa shape index (κ1) is 36.5. The summed E-state index contributed by atoms with van der Waals surface area (Å²) in [6, 6.07) is 20.0. The van der Waals surface area contributed by atoms with Crippen molar-refractivity contribution in [2.24, 2.45) is 11.8 Å². The van der Waals surface area contributed by atoms with Gasteiger partial charge in [-0.05, 0) is 106 Å². The summed E-state index contributed by atoms with van der Waals surface area (Å²) in [6.45, 7) is 4.34. The minimum absolute atomic E-state index is 0.0795. The maximum Gasteiger partial charge on any atom is 0.245 e. The van der Waals surface area contributed by atoms with E-state index in [0.717, 1.165) is 43.2 Å². The Morgan fingerprint density at radius 2 is 1.66 bits per heavy atom. The van der Waals surface area contributed by atoms with Crippen LogP contribution in [0, 0.1) is 31.5 Å². The van der Waals surface area contributed by atoms with Gasteiger partial charge in [-0.15, -0.1) is 0 Å². The number of methoxy groups -OCH3 is 1. The summed E-state index contributed by atoms with van der Waals surface area (Å²) in [5, 5.41) is 2.97. The highest BCUT2D eigenvalue weighted by Gasteiger charge is 2.31. The van der Waals surface area contributed by atoms with Crippen molar-refractivity contribution < 1.29 is 27.1 Å². The number of ether oxygens (including phenoxy) is 2. The number of sulfonamides is 1. The molecule has 1 aliphatic carbocycles. The molecule has 1 amide bonds. The number of amides is 1. The summed E-state index contributed by atoms with van der Waals surface area (Å²) in [7, 11) is 1.80. The van der Waals surface area contributed by atoms with E-state index in [2.05, 4.69) is 24.3 Å². The monoisotopic (exact) mass is 667 g/mol. The van der Waals surface area contributed by atoms with Crippen LogP contribution in [0.25, 0.3) is 0 Å². The molecule has 1 unspecified atom stereocenters. The van der Waals surface area contributed by atoms with Gasteiger partial charge in [0.05, 0.1) is 18.6 Å². The molecule has 0 heterocycles. The predicted octanol–water partition coefficient (Wildman–Crippen LogP) is 6.27. The van der Waals surface area contributed by atoms with Crippen LogP contribution in [-0.2, 0) is 26.1 Å². The molecular formula is C37H50FN3O5S. The highest BCUT2D eigenvalue weighted by molar-refractivity contribution is 7.89. The van der Waals surface area contributed by atoms with Crippen molar-refractivity contribution in [3.05, 3.63) is 94.8 Å². The summed E-state index contributed by atoms with van der Waals surface area (Å²) in [5.41, 5.74) is 3.10. The summed E-state index contributed by atoms with van der Waals surface area (Å²) in [6.07, 6.45) is 5.19. The fraction of sp³-hybridized carbons (Fsp3) is 0.486. The van der Waals surface area contributed by atoms with Gasteiger partial charge in [0.1, 0.15) is 18.2 Å². The molecule has 256 valence electrons. The van der Waals surface area contributed by atoms with E-state index >= 15 is 0 Å². The molecule has 47 heavy (non-hydrogen) atoms. The first-order valence-electron chi connectivity index (χ1n) is 16.4. The Bertz CT molecular complexity index is 1540. The fourth-order valence-corrected chi connectivity index (χ4v) is 8.73. The molecule has 0 aromatic heterocycles. The second-order valence-corrected chi connectivity index (χ2v) is 14.7. The summed E-state index contributed by atoms with van der Waals surface area (Å²) >= 11 is 0. The van der Waals surface area contributed by atoms with E-state index in [-0.39, 0.29) is 49.0 Å². The van der Waals surface area contributed by atoms with Gasteiger partial charge in [0.25, 0.3) is 0 Å². The molecule has 1 aliphatic rings. The van der Waals surface area contributed by atoms with Crippen molar-refractivity contribution in [1.82, 2.24) is 14.5 Å². The number of carbonyl (C=O) groups is 1. The van der Waals surface area contributed by atoms with Gasteiger partial charge >= 0.3 is 0 Å². The zero-order valence-electron chi connectivity index (χ0n) is 28.4. The summed E-state index contributed by atoms with van der Waals surface area (Å²) < 4.78 is 54.1. The van der Waals surface area contributed by atoms with E-state index in [9.17, 15) is 17.6 Å². The average molecular weight is 668 g/mol. The lowest BCUT2D eigenvalue weighted by atomic mass is 9.75. The number of aryl methyl sites for hydroxylation is 2. The molecule has 0 spiro atoms. The molecule has 10 heteroatoms. The van der Waals surface area contributed by atoms with Crippen LogP contribution >= 0.6 is 0 Å². The number of carbonyl (C=O) groups excluding carboxylic acids is 1. The fourth-order valence-electron chi connectivity index (χ4n) is 6.91. The van der Waals surface area contributed by atoms with Crippen molar-refractivity contribution in [3.8, 4) is 5.75 Å². The minimum atomic E-state index is -3.87. The Hall–Kier alpha value is -3.31. The molecule has 1 fully saturated rings. The van der Waals surface area contributed by atoms with Crippen LogP contribution in [0.3, 0.4) is 0 Å². The third-order valence-electron chi connectivity index (χ3n) is 9.15. The Morgan fingerprint density at radius 3 is 2.28 bits per heavy atom. The lowest BCUT2D eigenvalue weighted by Gasteiger charge is -2.37. The maximum absolute atomic E-state index is 13.9. The van der Waals surface area contributed by atoms with Gasteiger partial charge in [-0.3, -0.25) is 4.79 Å². The molecule has 3 aromatic rings. The minimum Gasteiger partial charge on any atom is -0.497 e. The Balaban J connectivity index is 1.24. The number of benzene rings is 3. The zero-order valence-corrected chi connectivity index (χ0v) is 29.2. The number of rotatable bonds is 16. The van der Waals surface area contributed by atoms with Gasteiger partial charge < -0.3 is 19.7 Å². The van der Waals surface area contributed by atoms with Crippen molar-refractivity contribution in [3.63, 3.8) is 0 Å². The molecular weight excluding hydrogens is 617 g/mol. The molecule has 8 nitrogen and oxygen atoms in total. The third-order valence-corrected chi connectivity index (χ3v) is 11.3. The van der Waals surface area contributed by atoms with Crippen molar-refractivity contribution >= 4 is 15.9 Å². The molecule has 0 bridgehead atoms. The molecule has 0 saturated heterocycles. The van der Waals surface area contributed by atoms with Gasteiger partial charge in [0.2, 0.25) is 15.9 Å². The van der Waals surface area contributed by atoms with Gasteiger partial charge in [-0.2, -0.15) is 4.31 Å². The summed E-state index contributed by atoms with van der Waals surface area (Å²) in [4.78, 5) is 15.0. The Morgan fingerprint density at radius 1 is 0.979 bits per heavy atom. The lowest BCUT2D eigenvalue weighted by molar-refractivity contribution is -0.125. The SMILES string of the molecule is COc1cc(C)c(S(=O)(=O)N(CCOCC(=O)NCCC2CCC(C(c3cccc(F)c3)N(C)C)CC2)Cc2ccccc2)c(C)c1. The first-order valence-corrected chi connectivity index (χ1v) is 17.9. The number of hydrogen-bond donors (Lipinski definition) is 1. The van der Waals surface area contributed by atoms with Gasteiger partial charge in [-0.1, -0.05) is 55.3 Å².